The van der Waals surface area contributed by atoms with E-state index in [-0.39, 0.29) is 18.2 Å². The summed E-state index contributed by atoms with van der Waals surface area (Å²) in [5.41, 5.74) is 3.39. The molecule has 2 rings (SSSR count). The van der Waals surface area contributed by atoms with Gasteiger partial charge in [0.05, 0.1) is 0 Å². The highest BCUT2D eigenvalue weighted by Gasteiger charge is 2.35. The van der Waals surface area contributed by atoms with Crippen molar-refractivity contribution in [1.82, 2.24) is 10.2 Å². The molecule has 3 amide bonds. The van der Waals surface area contributed by atoms with Crippen LogP contribution in [0.2, 0.25) is 0 Å². The fraction of sp³-hybridized carbons (Fsp3) is 0.393. The summed E-state index contributed by atoms with van der Waals surface area (Å²) in [4.78, 5) is 41.3. The molecule has 0 saturated heterocycles. The molecule has 2 atom stereocenters. The van der Waals surface area contributed by atoms with E-state index < -0.39 is 29.7 Å². The Labute approximate surface area is 219 Å². The van der Waals surface area contributed by atoms with Crippen molar-refractivity contribution in [3.05, 3.63) is 77.4 Å². The van der Waals surface area contributed by atoms with Gasteiger partial charge in [-0.1, -0.05) is 53.6 Å². The summed E-state index contributed by atoms with van der Waals surface area (Å²) >= 11 is 4.29. The van der Waals surface area contributed by atoms with Crippen molar-refractivity contribution in [3.63, 3.8) is 0 Å². The zero-order chi connectivity index (χ0) is 27.0. The van der Waals surface area contributed by atoms with Crippen LogP contribution in [0.5, 0.6) is 0 Å². The number of para-hydroxylation sites is 1. The molecule has 0 aliphatic carbocycles. The number of nitrogens with zero attached hydrogens (tertiary/aromatic N) is 1. The lowest BCUT2D eigenvalue weighted by atomic mass is 9.98. The standard InChI is InChI=1S/C28H37N3O4S/c1-8-13-31(26(33)23(17-36)30-27(34)35-28(5,6)7)24(21-15-18(2)14-19(3)16-21)25(32)29-22-12-10-9-11-20(22)4/h8-12,14-16,23-24,36H,1,13,17H2,2-7H3,(H,29,32)(H,30,34). The Kier molecular flexibility index (Phi) is 10.2. The lowest BCUT2D eigenvalue weighted by molar-refractivity contribution is -0.139. The van der Waals surface area contributed by atoms with E-state index in [0.717, 1.165) is 16.7 Å². The molecule has 0 saturated carbocycles. The van der Waals surface area contributed by atoms with Crippen molar-refractivity contribution in [2.45, 2.75) is 59.2 Å². The minimum absolute atomic E-state index is 0.0185. The highest BCUT2D eigenvalue weighted by atomic mass is 32.1. The SMILES string of the molecule is C=CCN(C(=O)C(CS)NC(=O)OC(C)(C)C)C(C(=O)Nc1ccccc1C)c1cc(C)cc(C)c1. The Morgan fingerprint density at radius 1 is 1.08 bits per heavy atom. The van der Waals surface area contributed by atoms with Gasteiger partial charge in [-0.2, -0.15) is 12.6 Å². The first-order valence-corrected chi connectivity index (χ1v) is 12.5. The Balaban J connectivity index is 2.50. The van der Waals surface area contributed by atoms with Crippen LogP contribution in [0, 0.1) is 20.8 Å². The zero-order valence-electron chi connectivity index (χ0n) is 21.9. The summed E-state index contributed by atoms with van der Waals surface area (Å²) in [6.07, 6.45) is 0.818. The van der Waals surface area contributed by atoms with Crippen molar-refractivity contribution in [2.75, 3.05) is 17.6 Å². The van der Waals surface area contributed by atoms with Crippen LogP contribution in [-0.2, 0) is 14.3 Å². The molecule has 2 aromatic rings. The van der Waals surface area contributed by atoms with E-state index in [2.05, 4.69) is 29.8 Å². The van der Waals surface area contributed by atoms with Gasteiger partial charge in [0.15, 0.2) is 0 Å². The van der Waals surface area contributed by atoms with Crippen molar-refractivity contribution in [1.29, 1.82) is 0 Å². The highest BCUT2D eigenvalue weighted by Crippen LogP contribution is 2.27. The number of carbonyl (C=O) groups is 3. The predicted octanol–water partition coefficient (Wildman–Crippen LogP) is 5.13. The number of benzene rings is 2. The number of amides is 3. The number of alkyl carbamates (subject to hydrolysis) is 1. The van der Waals surface area contributed by atoms with Crippen molar-refractivity contribution in [3.8, 4) is 0 Å². The van der Waals surface area contributed by atoms with Gasteiger partial charge in [-0.05, 0) is 58.7 Å². The number of carbonyl (C=O) groups excluding carboxylic acids is 3. The van der Waals surface area contributed by atoms with E-state index in [1.54, 1.807) is 26.8 Å². The van der Waals surface area contributed by atoms with Gasteiger partial charge in [-0.3, -0.25) is 9.59 Å². The van der Waals surface area contributed by atoms with Gasteiger partial charge in [0.2, 0.25) is 5.91 Å². The Hall–Kier alpha value is -3.26. The van der Waals surface area contributed by atoms with E-state index in [9.17, 15) is 14.4 Å². The average molecular weight is 512 g/mol. The number of aryl methyl sites for hydroxylation is 3. The molecule has 0 aromatic heterocycles. The molecule has 36 heavy (non-hydrogen) atoms. The molecule has 0 bridgehead atoms. The number of hydrogen-bond donors (Lipinski definition) is 3. The van der Waals surface area contributed by atoms with Crippen LogP contribution < -0.4 is 10.6 Å². The van der Waals surface area contributed by atoms with Crippen molar-refractivity contribution >= 4 is 36.2 Å². The third-order valence-electron chi connectivity index (χ3n) is 5.30. The molecular formula is C28H37N3O4S. The molecule has 0 aliphatic rings. The second-order valence-corrected chi connectivity index (χ2v) is 10.2. The Bertz CT molecular complexity index is 1090. The summed E-state index contributed by atoms with van der Waals surface area (Å²) in [7, 11) is 0. The fourth-order valence-electron chi connectivity index (χ4n) is 3.85. The van der Waals surface area contributed by atoms with E-state index in [1.807, 2.05) is 63.2 Å². The summed E-state index contributed by atoms with van der Waals surface area (Å²) in [5.74, 6) is -0.829. The smallest absolute Gasteiger partial charge is 0.408 e. The first-order chi connectivity index (χ1) is 16.9. The predicted molar refractivity (Wildman–Crippen MR) is 147 cm³/mol. The molecule has 2 unspecified atom stereocenters. The van der Waals surface area contributed by atoms with E-state index >= 15 is 0 Å². The molecule has 7 nitrogen and oxygen atoms in total. The monoisotopic (exact) mass is 511 g/mol. The maximum absolute atomic E-state index is 13.8. The van der Waals surface area contributed by atoms with Gasteiger partial charge >= 0.3 is 6.09 Å². The quantitative estimate of drug-likeness (QED) is 0.322. The van der Waals surface area contributed by atoms with E-state index in [1.165, 1.54) is 4.90 Å². The summed E-state index contributed by atoms with van der Waals surface area (Å²) < 4.78 is 5.32. The number of rotatable bonds is 9. The van der Waals surface area contributed by atoms with Crippen LogP contribution in [0.25, 0.3) is 0 Å². The second-order valence-electron chi connectivity index (χ2n) is 9.79. The summed E-state index contributed by atoms with van der Waals surface area (Å²) in [6, 6.07) is 11.2. The van der Waals surface area contributed by atoms with Crippen LogP contribution in [0.1, 0.15) is 49.1 Å². The molecule has 194 valence electrons. The van der Waals surface area contributed by atoms with Gasteiger partial charge in [-0.15, -0.1) is 6.58 Å². The van der Waals surface area contributed by atoms with Crippen molar-refractivity contribution in [2.24, 2.45) is 0 Å². The van der Waals surface area contributed by atoms with Crippen LogP contribution >= 0.6 is 12.6 Å². The maximum Gasteiger partial charge on any atom is 0.408 e. The number of nitrogens with one attached hydrogen (secondary N) is 2. The van der Waals surface area contributed by atoms with E-state index in [0.29, 0.717) is 11.3 Å². The number of thiol groups is 1. The molecule has 2 N–H and O–H groups in total. The number of ether oxygens (including phenoxy) is 1. The molecule has 0 heterocycles. The number of anilines is 1. The molecule has 8 heteroatoms. The Morgan fingerprint density at radius 3 is 2.22 bits per heavy atom. The normalized spacial score (nSPS) is 12.8. The van der Waals surface area contributed by atoms with Gasteiger partial charge in [0.1, 0.15) is 17.7 Å². The topological polar surface area (TPSA) is 87.7 Å². The average Bonchev–Trinajstić information content (AvgIpc) is 2.76. The molecule has 2 aromatic carbocycles. The fourth-order valence-corrected chi connectivity index (χ4v) is 4.10. The Morgan fingerprint density at radius 2 is 1.69 bits per heavy atom. The molecule has 0 spiro atoms. The van der Waals surface area contributed by atoms with Crippen LogP contribution in [0.3, 0.4) is 0 Å². The minimum atomic E-state index is -1.01. The van der Waals surface area contributed by atoms with Gasteiger partial charge < -0.3 is 20.3 Å². The maximum atomic E-state index is 13.8. The molecular weight excluding hydrogens is 474 g/mol. The summed E-state index contributed by atoms with van der Waals surface area (Å²) in [6.45, 7) is 14.9. The third-order valence-corrected chi connectivity index (χ3v) is 5.67. The second kappa shape index (κ2) is 12.6. The van der Waals surface area contributed by atoms with Gasteiger partial charge in [-0.25, -0.2) is 4.79 Å². The number of hydrogen-bond acceptors (Lipinski definition) is 5. The van der Waals surface area contributed by atoms with Gasteiger partial charge in [0.25, 0.3) is 5.91 Å². The third kappa shape index (κ3) is 8.16. The van der Waals surface area contributed by atoms with Crippen LogP contribution in [-0.4, -0.2) is 46.7 Å². The van der Waals surface area contributed by atoms with Gasteiger partial charge in [0, 0.05) is 18.0 Å². The van der Waals surface area contributed by atoms with Crippen molar-refractivity contribution < 1.29 is 19.1 Å². The molecule has 0 radical (unpaired) electrons. The minimum Gasteiger partial charge on any atom is -0.444 e. The highest BCUT2D eigenvalue weighted by molar-refractivity contribution is 7.80. The molecule has 0 aliphatic heterocycles. The first-order valence-electron chi connectivity index (χ1n) is 11.8. The summed E-state index contributed by atoms with van der Waals surface area (Å²) in [5, 5.41) is 5.57. The lowest BCUT2D eigenvalue weighted by Crippen LogP contribution is -2.53. The largest absolute Gasteiger partial charge is 0.444 e. The zero-order valence-corrected chi connectivity index (χ0v) is 22.8. The van der Waals surface area contributed by atoms with Crippen LogP contribution in [0.15, 0.2) is 55.1 Å². The first kappa shape index (κ1) is 29.0. The molecule has 0 fully saturated rings. The van der Waals surface area contributed by atoms with E-state index in [4.69, 9.17) is 4.74 Å². The van der Waals surface area contributed by atoms with Crippen LogP contribution in [0.4, 0.5) is 10.5 Å². The lowest BCUT2D eigenvalue weighted by Gasteiger charge is -2.34.